The Labute approximate surface area is 103 Å². The fourth-order valence-electron chi connectivity index (χ4n) is 2.04. The summed E-state index contributed by atoms with van der Waals surface area (Å²) in [6.07, 6.45) is 2.03. The highest BCUT2D eigenvalue weighted by Crippen LogP contribution is 2.18. The van der Waals surface area contributed by atoms with Crippen LogP contribution in [0.3, 0.4) is 0 Å². The van der Waals surface area contributed by atoms with Crippen LogP contribution < -0.4 is 4.90 Å². The van der Waals surface area contributed by atoms with Crippen molar-refractivity contribution in [2.24, 2.45) is 0 Å². The second-order valence-corrected chi connectivity index (χ2v) is 4.03. The molecule has 0 aliphatic heterocycles. The summed E-state index contributed by atoms with van der Waals surface area (Å²) in [5, 5.41) is 18.2. The highest BCUT2D eigenvalue weighted by atomic mass is 16.3. The van der Waals surface area contributed by atoms with Crippen LogP contribution in [-0.4, -0.2) is 34.4 Å². The minimum absolute atomic E-state index is 0.0519. The molecule has 0 unspecified atom stereocenters. The van der Waals surface area contributed by atoms with Crippen LogP contribution in [-0.2, 0) is 6.61 Å². The van der Waals surface area contributed by atoms with Gasteiger partial charge in [0.1, 0.15) is 5.82 Å². The molecule has 0 saturated carbocycles. The summed E-state index contributed by atoms with van der Waals surface area (Å²) < 4.78 is 0. The quantitative estimate of drug-likeness (QED) is 0.757. The number of hydrogen-bond acceptors (Lipinski definition) is 4. The zero-order valence-electron chi connectivity index (χ0n) is 10.6. The van der Waals surface area contributed by atoms with Gasteiger partial charge in [0.25, 0.3) is 0 Å². The van der Waals surface area contributed by atoms with E-state index in [-0.39, 0.29) is 13.2 Å². The summed E-state index contributed by atoms with van der Waals surface area (Å²) >= 11 is 0. The number of nitrogens with zero attached hydrogens (tertiary/aromatic N) is 2. The van der Waals surface area contributed by atoms with Crippen molar-refractivity contribution in [3.05, 3.63) is 23.9 Å². The van der Waals surface area contributed by atoms with Gasteiger partial charge in [-0.3, -0.25) is 0 Å². The maximum Gasteiger partial charge on any atom is 0.129 e. The molecule has 4 nitrogen and oxygen atoms in total. The first-order valence-corrected chi connectivity index (χ1v) is 6.21. The standard InChI is InChI=1S/C13H22N2O2/c1-3-12(4-2)15(8-9-16)13-7-5-6-11(10-17)14-13/h5-7,12,16-17H,3-4,8-10H2,1-2H3. The topological polar surface area (TPSA) is 56.6 Å². The zero-order chi connectivity index (χ0) is 12.7. The van der Waals surface area contributed by atoms with Crippen LogP contribution in [0, 0.1) is 0 Å². The number of aromatic nitrogens is 1. The Morgan fingerprint density at radius 3 is 2.47 bits per heavy atom. The second kappa shape index (κ2) is 7.25. The molecule has 0 fully saturated rings. The number of rotatable bonds is 7. The number of hydrogen-bond donors (Lipinski definition) is 2. The lowest BCUT2D eigenvalue weighted by molar-refractivity contribution is 0.276. The molecule has 17 heavy (non-hydrogen) atoms. The number of anilines is 1. The first-order chi connectivity index (χ1) is 8.26. The van der Waals surface area contributed by atoms with E-state index < -0.39 is 0 Å². The van der Waals surface area contributed by atoms with Crippen molar-refractivity contribution in [3.8, 4) is 0 Å². The fourth-order valence-corrected chi connectivity index (χ4v) is 2.04. The number of aliphatic hydroxyl groups excluding tert-OH is 2. The summed E-state index contributed by atoms with van der Waals surface area (Å²) in [5.74, 6) is 0.833. The predicted molar refractivity (Wildman–Crippen MR) is 69.0 cm³/mol. The summed E-state index contributed by atoms with van der Waals surface area (Å²) in [6, 6.07) is 5.99. The van der Waals surface area contributed by atoms with Gasteiger partial charge < -0.3 is 15.1 Å². The van der Waals surface area contributed by atoms with Crippen molar-refractivity contribution >= 4 is 5.82 Å². The Morgan fingerprint density at radius 2 is 1.94 bits per heavy atom. The molecule has 2 N–H and O–H groups in total. The first-order valence-electron chi connectivity index (χ1n) is 6.21. The lowest BCUT2D eigenvalue weighted by Gasteiger charge is -2.31. The van der Waals surface area contributed by atoms with Crippen LogP contribution in [0.2, 0.25) is 0 Å². The minimum Gasteiger partial charge on any atom is -0.395 e. The molecule has 0 radical (unpaired) electrons. The summed E-state index contributed by atoms with van der Waals surface area (Å²) in [4.78, 5) is 6.50. The van der Waals surface area contributed by atoms with Crippen molar-refractivity contribution in [1.82, 2.24) is 4.98 Å². The molecule has 4 heteroatoms. The number of aliphatic hydroxyl groups is 2. The van der Waals surface area contributed by atoms with E-state index in [1.807, 2.05) is 12.1 Å². The minimum atomic E-state index is -0.0519. The van der Waals surface area contributed by atoms with Crippen molar-refractivity contribution in [2.45, 2.75) is 39.3 Å². The molecule has 1 heterocycles. The molecule has 0 aliphatic carbocycles. The van der Waals surface area contributed by atoms with Crippen LogP contribution >= 0.6 is 0 Å². The molecule has 96 valence electrons. The summed E-state index contributed by atoms with van der Waals surface area (Å²) in [6.45, 7) is 4.91. The molecule has 0 atom stereocenters. The maximum atomic E-state index is 9.15. The Balaban J connectivity index is 2.94. The third-order valence-electron chi connectivity index (χ3n) is 2.97. The van der Waals surface area contributed by atoms with Crippen LogP contribution in [0.15, 0.2) is 18.2 Å². The molecule has 0 bridgehead atoms. The van der Waals surface area contributed by atoms with E-state index in [0.29, 0.717) is 18.3 Å². The van der Waals surface area contributed by atoms with Crippen LogP contribution in [0.4, 0.5) is 5.82 Å². The Hall–Kier alpha value is -1.13. The van der Waals surface area contributed by atoms with E-state index in [0.717, 1.165) is 18.7 Å². The van der Waals surface area contributed by atoms with Crippen molar-refractivity contribution in [3.63, 3.8) is 0 Å². The Kier molecular flexibility index (Phi) is 5.94. The summed E-state index contributed by atoms with van der Waals surface area (Å²) in [7, 11) is 0. The predicted octanol–water partition coefficient (Wildman–Crippen LogP) is 1.56. The first kappa shape index (κ1) is 13.9. The maximum absolute atomic E-state index is 9.15. The van der Waals surface area contributed by atoms with Gasteiger partial charge in [-0.1, -0.05) is 19.9 Å². The van der Waals surface area contributed by atoms with Gasteiger partial charge in [0, 0.05) is 12.6 Å². The smallest absolute Gasteiger partial charge is 0.129 e. The van der Waals surface area contributed by atoms with E-state index in [2.05, 4.69) is 23.7 Å². The fraction of sp³-hybridized carbons (Fsp3) is 0.615. The largest absolute Gasteiger partial charge is 0.395 e. The third-order valence-corrected chi connectivity index (χ3v) is 2.97. The summed E-state index contributed by atoms with van der Waals surface area (Å²) in [5.41, 5.74) is 0.663. The van der Waals surface area contributed by atoms with Gasteiger partial charge in [-0.25, -0.2) is 4.98 Å². The molecule has 1 aromatic rings. The molecule has 0 saturated heterocycles. The SMILES string of the molecule is CCC(CC)N(CCO)c1cccc(CO)n1. The molecule has 0 amide bonds. The van der Waals surface area contributed by atoms with Gasteiger partial charge in [0.15, 0.2) is 0 Å². The van der Waals surface area contributed by atoms with Gasteiger partial charge in [-0.2, -0.15) is 0 Å². The molecule has 0 aliphatic rings. The van der Waals surface area contributed by atoms with Gasteiger partial charge >= 0.3 is 0 Å². The van der Waals surface area contributed by atoms with Gasteiger partial charge in [0.2, 0.25) is 0 Å². The lowest BCUT2D eigenvalue weighted by Crippen LogP contribution is -2.37. The van der Waals surface area contributed by atoms with Crippen molar-refractivity contribution in [1.29, 1.82) is 0 Å². The second-order valence-electron chi connectivity index (χ2n) is 4.03. The van der Waals surface area contributed by atoms with Gasteiger partial charge in [-0.05, 0) is 25.0 Å². The third kappa shape index (κ3) is 3.68. The zero-order valence-corrected chi connectivity index (χ0v) is 10.6. The Bertz CT molecular complexity index is 327. The van der Waals surface area contributed by atoms with E-state index in [1.54, 1.807) is 6.07 Å². The van der Waals surface area contributed by atoms with Crippen molar-refractivity contribution < 1.29 is 10.2 Å². The molecular formula is C13H22N2O2. The highest BCUT2D eigenvalue weighted by molar-refractivity contribution is 5.40. The van der Waals surface area contributed by atoms with E-state index in [1.165, 1.54) is 0 Å². The average molecular weight is 238 g/mol. The van der Waals surface area contributed by atoms with Crippen molar-refractivity contribution in [2.75, 3.05) is 18.1 Å². The Morgan fingerprint density at radius 1 is 1.24 bits per heavy atom. The number of pyridine rings is 1. The van der Waals surface area contributed by atoms with E-state index in [4.69, 9.17) is 10.2 Å². The highest BCUT2D eigenvalue weighted by Gasteiger charge is 2.16. The molecule has 1 rings (SSSR count). The monoisotopic (exact) mass is 238 g/mol. The normalized spacial score (nSPS) is 10.9. The lowest BCUT2D eigenvalue weighted by atomic mass is 10.1. The van der Waals surface area contributed by atoms with E-state index >= 15 is 0 Å². The molecule has 0 aromatic carbocycles. The van der Waals surface area contributed by atoms with E-state index in [9.17, 15) is 0 Å². The molecule has 1 aromatic heterocycles. The molecular weight excluding hydrogens is 216 g/mol. The molecule has 0 spiro atoms. The van der Waals surface area contributed by atoms with Crippen LogP contribution in [0.25, 0.3) is 0 Å². The van der Waals surface area contributed by atoms with Crippen LogP contribution in [0.5, 0.6) is 0 Å². The van der Waals surface area contributed by atoms with Gasteiger partial charge in [-0.15, -0.1) is 0 Å². The average Bonchev–Trinajstić information content (AvgIpc) is 2.39. The van der Waals surface area contributed by atoms with Crippen LogP contribution in [0.1, 0.15) is 32.4 Å². The van der Waals surface area contributed by atoms with Gasteiger partial charge in [0.05, 0.1) is 18.9 Å².